The average Bonchev–Trinajstić information content (AvgIpc) is 2.66. The second-order valence-electron chi connectivity index (χ2n) is 7.29. The molecule has 0 bridgehead atoms. The summed E-state index contributed by atoms with van der Waals surface area (Å²) in [5.41, 5.74) is 1.78. The molecule has 1 aliphatic rings. The summed E-state index contributed by atoms with van der Waals surface area (Å²) in [6.45, 7) is 0.828. The van der Waals surface area contributed by atoms with E-state index in [2.05, 4.69) is 20.9 Å². The summed E-state index contributed by atoms with van der Waals surface area (Å²) in [6.07, 6.45) is -1.32. The van der Waals surface area contributed by atoms with E-state index in [9.17, 15) is 18.0 Å². The van der Waals surface area contributed by atoms with Crippen molar-refractivity contribution < 1.29 is 18.0 Å². The van der Waals surface area contributed by atoms with Crippen molar-refractivity contribution in [2.75, 3.05) is 12.4 Å². The number of anilines is 1. The van der Waals surface area contributed by atoms with Gasteiger partial charge in [-0.2, -0.15) is 13.2 Å². The van der Waals surface area contributed by atoms with Gasteiger partial charge in [-0.1, -0.05) is 30.7 Å². The minimum atomic E-state index is -4.34. The smallest absolute Gasteiger partial charge is 0.352 e. The summed E-state index contributed by atoms with van der Waals surface area (Å²) in [4.78, 5) is 16.2. The Kier molecular flexibility index (Phi) is 6.97. The second kappa shape index (κ2) is 9.65. The lowest BCUT2D eigenvalue weighted by Crippen LogP contribution is -2.36. The van der Waals surface area contributed by atoms with Crippen LogP contribution in [0.25, 0.3) is 0 Å². The third-order valence-corrected chi connectivity index (χ3v) is 5.10. The lowest BCUT2D eigenvalue weighted by Gasteiger charge is -2.24. The lowest BCUT2D eigenvalue weighted by molar-refractivity contribution is -0.137. The number of benzene rings is 2. The van der Waals surface area contributed by atoms with Crippen LogP contribution in [0, 0.1) is 5.92 Å². The van der Waals surface area contributed by atoms with Crippen LogP contribution in [0.3, 0.4) is 0 Å². The van der Waals surface area contributed by atoms with Crippen molar-refractivity contribution in [3.63, 3.8) is 0 Å². The van der Waals surface area contributed by atoms with E-state index in [1.165, 1.54) is 12.1 Å². The first kappa shape index (κ1) is 21.7. The van der Waals surface area contributed by atoms with Crippen LogP contribution in [-0.2, 0) is 24.1 Å². The molecule has 0 saturated heterocycles. The summed E-state index contributed by atoms with van der Waals surface area (Å²) in [6, 6.07) is 12.6. The predicted molar refractivity (Wildman–Crippen MR) is 111 cm³/mol. The van der Waals surface area contributed by atoms with Crippen molar-refractivity contribution in [1.82, 2.24) is 10.6 Å². The monoisotopic (exact) mass is 418 g/mol. The Bertz CT molecular complexity index is 890. The highest BCUT2D eigenvalue weighted by Gasteiger charge is 2.29. The Hall–Kier alpha value is -3.03. The zero-order chi connectivity index (χ0) is 21.6. The van der Waals surface area contributed by atoms with Gasteiger partial charge in [-0.05, 0) is 48.2 Å². The molecule has 5 nitrogen and oxygen atoms in total. The Morgan fingerprint density at radius 3 is 2.27 bits per heavy atom. The van der Waals surface area contributed by atoms with E-state index in [1.54, 1.807) is 7.05 Å². The van der Waals surface area contributed by atoms with E-state index in [1.807, 2.05) is 24.3 Å². The van der Waals surface area contributed by atoms with Crippen LogP contribution in [0.2, 0.25) is 0 Å². The first-order valence-electron chi connectivity index (χ1n) is 9.85. The molecule has 0 aliphatic heterocycles. The number of nitrogens with zero attached hydrogens (tertiary/aromatic N) is 1. The minimum Gasteiger partial charge on any atom is -0.352 e. The zero-order valence-electron chi connectivity index (χ0n) is 16.7. The maximum atomic E-state index is 12.6. The van der Waals surface area contributed by atoms with Crippen molar-refractivity contribution in [2.45, 2.75) is 38.5 Å². The number of alkyl halides is 3. The number of halogens is 3. The van der Waals surface area contributed by atoms with E-state index in [0.29, 0.717) is 24.6 Å². The zero-order valence-corrected chi connectivity index (χ0v) is 16.7. The largest absolute Gasteiger partial charge is 0.416 e. The van der Waals surface area contributed by atoms with E-state index >= 15 is 0 Å². The van der Waals surface area contributed by atoms with Crippen molar-refractivity contribution >= 4 is 17.6 Å². The minimum absolute atomic E-state index is 0.0698. The summed E-state index contributed by atoms with van der Waals surface area (Å²) in [5, 5.41) is 9.20. The van der Waals surface area contributed by atoms with Gasteiger partial charge in [0.25, 0.3) is 0 Å². The summed E-state index contributed by atoms with van der Waals surface area (Å²) in [7, 11) is 1.62. The van der Waals surface area contributed by atoms with Gasteiger partial charge in [0.2, 0.25) is 5.91 Å². The third kappa shape index (κ3) is 5.98. The lowest BCUT2D eigenvalue weighted by atomic mass is 9.85. The summed E-state index contributed by atoms with van der Waals surface area (Å²) < 4.78 is 37.9. The standard InChI is InChI=1S/C22H25F3N4O/c1-26-21(27-13-15-8-10-18(11-9-15)22(23,24)25)28-14-16-4-2-7-19(12-16)29-20(30)17-5-3-6-17/h2,4,7-12,17H,3,5-6,13-14H2,1H3,(H,29,30)(H2,26,27,28). The van der Waals surface area contributed by atoms with E-state index in [4.69, 9.17) is 0 Å². The highest BCUT2D eigenvalue weighted by atomic mass is 19.4. The Balaban J connectivity index is 1.49. The molecule has 0 aromatic heterocycles. The van der Waals surface area contributed by atoms with Gasteiger partial charge < -0.3 is 16.0 Å². The Morgan fingerprint density at radius 2 is 1.70 bits per heavy atom. The van der Waals surface area contributed by atoms with Crippen LogP contribution in [-0.4, -0.2) is 18.9 Å². The molecule has 1 amide bonds. The molecule has 0 spiro atoms. The quantitative estimate of drug-likeness (QED) is 0.484. The molecular weight excluding hydrogens is 393 g/mol. The molecule has 160 valence electrons. The topological polar surface area (TPSA) is 65.5 Å². The van der Waals surface area contributed by atoms with Crippen LogP contribution >= 0.6 is 0 Å². The van der Waals surface area contributed by atoms with E-state index in [0.717, 1.165) is 42.6 Å². The van der Waals surface area contributed by atoms with Gasteiger partial charge in [-0.15, -0.1) is 0 Å². The molecule has 1 saturated carbocycles. The van der Waals surface area contributed by atoms with Crippen LogP contribution < -0.4 is 16.0 Å². The average molecular weight is 418 g/mol. The van der Waals surface area contributed by atoms with Crippen molar-refractivity contribution in [2.24, 2.45) is 10.9 Å². The summed E-state index contributed by atoms with van der Waals surface area (Å²) in [5.74, 6) is 0.721. The van der Waals surface area contributed by atoms with Crippen LogP contribution in [0.1, 0.15) is 36.0 Å². The molecule has 2 aromatic carbocycles. The number of carbonyl (C=O) groups excluding carboxylic acids is 1. The number of hydrogen-bond acceptors (Lipinski definition) is 2. The number of amides is 1. The number of rotatable bonds is 6. The van der Waals surface area contributed by atoms with Gasteiger partial charge >= 0.3 is 6.18 Å². The fourth-order valence-electron chi connectivity index (χ4n) is 3.08. The SMILES string of the molecule is CN=C(NCc1ccc(C(F)(F)F)cc1)NCc1cccc(NC(=O)C2CCC2)c1. The molecule has 30 heavy (non-hydrogen) atoms. The van der Waals surface area contributed by atoms with Crippen LogP contribution in [0.15, 0.2) is 53.5 Å². The van der Waals surface area contributed by atoms with Gasteiger partial charge in [-0.25, -0.2) is 0 Å². The molecule has 0 radical (unpaired) electrons. The predicted octanol–water partition coefficient (Wildman–Crippen LogP) is 4.31. The highest BCUT2D eigenvalue weighted by molar-refractivity contribution is 5.93. The van der Waals surface area contributed by atoms with Crippen molar-refractivity contribution in [1.29, 1.82) is 0 Å². The molecule has 0 unspecified atom stereocenters. The van der Waals surface area contributed by atoms with Gasteiger partial charge in [0, 0.05) is 31.7 Å². The normalized spacial score (nSPS) is 14.7. The third-order valence-electron chi connectivity index (χ3n) is 5.10. The van der Waals surface area contributed by atoms with Crippen LogP contribution in [0.4, 0.5) is 18.9 Å². The molecule has 8 heteroatoms. The molecule has 0 atom stereocenters. The molecule has 3 N–H and O–H groups in total. The summed E-state index contributed by atoms with van der Waals surface area (Å²) >= 11 is 0. The van der Waals surface area contributed by atoms with E-state index < -0.39 is 11.7 Å². The fourth-order valence-corrected chi connectivity index (χ4v) is 3.08. The molecular formula is C22H25F3N4O. The maximum Gasteiger partial charge on any atom is 0.416 e. The van der Waals surface area contributed by atoms with E-state index in [-0.39, 0.29) is 11.8 Å². The maximum absolute atomic E-state index is 12.6. The van der Waals surface area contributed by atoms with Crippen molar-refractivity contribution in [3.8, 4) is 0 Å². The van der Waals surface area contributed by atoms with Gasteiger partial charge in [-0.3, -0.25) is 9.79 Å². The molecule has 1 aliphatic carbocycles. The Labute approximate surface area is 173 Å². The van der Waals surface area contributed by atoms with Gasteiger partial charge in [0.15, 0.2) is 5.96 Å². The molecule has 3 rings (SSSR count). The van der Waals surface area contributed by atoms with Crippen molar-refractivity contribution in [3.05, 3.63) is 65.2 Å². The fraction of sp³-hybridized carbons (Fsp3) is 0.364. The first-order valence-corrected chi connectivity index (χ1v) is 9.85. The highest BCUT2D eigenvalue weighted by Crippen LogP contribution is 2.29. The molecule has 0 heterocycles. The number of aliphatic imine (C=N–C) groups is 1. The number of guanidine groups is 1. The Morgan fingerprint density at radius 1 is 1.03 bits per heavy atom. The molecule has 1 fully saturated rings. The van der Waals surface area contributed by atoms with Gasteiger partial charge in [0.1, 0.15) is 0 Å². The first-order chi connectivity index (χ1) is 14.3. The van der Waals surface area contributed by atoms with Crippen LogP contribution in [0.5, 0.6) is 0 Å². The second-order valence-corrected chi connectivity index (χ2v) is 7.29. The number of nitrogens with one attached hydrogen (secondary N) is 3. The number of carbonyl (C=O) groups is 1. The number of hydrogen-bond donors (Lipinski definition) is 3. The molecule has 2 aromatic rings. The van der Waals surface area contributed by atoms with Gasteiger partial charge in [0.05, 0.1) is 5.56 Å².